The van der Waals surface area contributed by atoms with Gasteiger partial charge < -0.3 is 10.6 Å². The molecule has 1 aliphatic carbocycles. The average Bonchev–Trinajstić information content (AvgIpc) is 3.07. The van der Waals surface area contributed by atoms with Gasteiger partial charge in [0.1, 0.15) is 0 Å². The Morgan fingerprint density at radius 1 is 1.25 bits per heavy atom. The predicted octanol–water partition coefficient (Wildman–Crippen LogP) is 1.78. The maximum absolute atomic E-state index is 12.0. The van der Waals surface area contributed by atoms with E-state index in [4.69, 9.17) is 0 Å². The van der Waals surface area contributed by atoms with Crippen LogP contribution in [0.1, 0.15) is 40.5 Å². The molecule has 0 saturated heterocycles. The van der Waals surface area contributed by atoms with E-state index in [0.29, 0.717) is 6.54 Å². The Labute approximate surface area is 140 Å². The number of rotatable bonds is 6. The van der Waals surface area contributed by atoms with Gasteiger partial charge in [-0.2, -0.15) is 0 Å². The molecule has 0 aliphatic heterocycles. The van der Waals surface area contributed by atoms with E-state index in [1.807, 2.05) is 6.92 Å². The first kappa shape index (κ1) is 19.9. The highest BCUT2D eigenvalue weighted by Crippen LogP contribution is 2.28. The smallest absolute Gasteiger partial charge is 0.191 e. The summed E-state index contributed by atoms with van der Waals surface area (Å²) in [5.74, 6) is 1.58. The van der Waals surface area contributed by atoms with E-state index in [0.717, 1.165) is 25.0 Å². The van der Waals surface area contributed by atoms with Crippen molar-refractivity contribution in [3.63, 3.8) is 0 Å². The first-order chi connectivity index (χ1) is 8.76. The Bertz CT molecular complexity index is 412. The van der Waals surface area contributed by atoms with Gasteiger partial charge >= 0.3 is 0 Å². The largest absolute Gasteiger partial charge is 0.357 e. The van der Waals surface area contributed by atoms with Gasteiger partial charge in [-0.25, -0.2) is 8.42 Å². The Morgan fingerprint density at radius 3 is 2.30 bits per heavy atom. The lowest BCUT2D eigenvalue weighted by Crippen LogP contribution is -2.42. The second kappa shape index (κ2) is 8.41. The van der Waals surface area contributed by atoms with Crippen molar-refractivity contribution in [2.45, 2.75) is 45.3 Å². The van der Waals surface area contributed by atoms with E-state index in [1.54, 1.807) is 20.8 Å². The third-order valence-electron chi connectivity index (χ3n) is 3.14. The van der Waals surface area contributed by atoms with Gasteiger partial charge in [-0.15, -0.1) is 24.0 Å². The molecular formula is C13H28IN3O2S. The number of aliphatic imine (C=N–C) groups is 1. The van der Waals surface area contributed by atoms with Crippen molar-refractivity contribution in [2.75, 3.05) is 25.4 Å². The lowest BCUT2D eigenvalue weighted by molar-refractivity contribution is 0.559. The molecule has 1 saturated carbocycles. The van der Waals surface area contributed by atoms with Gasteiger partial charge in [0.2, 0.25) is 0 Å². The molecule has 0 aromatic carbocycles. The highest BCUT2D eigenvalue weighted by atomic mass is 127. The molecule has 1 fully saturated rings. The van der Waals surface area contributed by atoms with E-state index < -0.39 is 14.6 Å². The van der Waals surface area contributed by atoms with E-state index in [-0.39, 0.29) is 29.7 Å². The fourth-order valence-electron chi connectivity index (χ4n) is 1.47. The van der Waals surface area contributed by atoms with Crippen molar-refractivity contribution in [1.82, 2.24) is 10.6 Å². The van der Waals surface area contributed by atoms with Crippen molar-refractivity contribution in [1.29, 1.82) is 0 Å². The summed E-state index contributed by atoms with van der Waals surface area (Å²) < 4.78 is 23.2. The van der Waals surface area contributed by atoms with Gasteiger partial charge in [0.15, 0.2) is 15.8 Å². The van der Waals surface area contributed by atoms with Gasteiger partial charge in [0.25, 0.3) is 0 Å². The normalized spacial score (nSPS) is 16.5. The first-order valence-corrected chi connectivity index (χ1v) is 8.66. The molecule has 0 heterocycles. The summed E-state index contributed by atoms with van der Waals surface area (Å²) in [5.41, 5.74) is 0. The second-order valence-electron chi connectivity index (χ2n) is 6.02. The summed E-state index contributed by atoms with van der Waals surface area (Å²) in [7, 11) is -3.07. The summed E-state index contributed by atoms with van der Waals surface area (Å²) >= 11 is 0. The Hall–Kier alpha value is -0.0500. The zero-order valence-corrected chi connectivity index (χ0v) is 16.0. The minimum Gasteiger partial charge on any atom is -0.357 e. The molecule has 0 unspecified atom stereocenters. The zero-order chi connectivity index (χ0) is 14.5. The number of guanidine groups is 1. The van der Waals surface area contributed by atoms with Crippen LogP contribution in [0.5, 0.6) is 0 Å². The van der Waals surface area contributed by atoms with Crippen molar-refractivity contribution in [2.24, 2.45) is 10.9 Å². The Morgan fingerprint density at radius 2 is 1.85 bits per heavy atom. The average molecular weight is 417 g/mol. The van der Waals surface area contributed by atoms with Crippen LogP contribution in [0.15, 0.2) is 4.99 Å². The molecular weight excluding hydrogens is 389 g/mol. The molecule has 0 radical (unpaired) electrons. The quantitative estimate of drug-likeness (QED) is 0.393. The van der Waals surface area contributed by atoms with E-state index >= 15 is 0 Å². The highest BCUT2D eigenvalue weighted by molar-refractivity contribution is 14.0. The standard InChI is InChI=1S/C13H27N3O2S.HI/c1-5-14-12(16-10-11-6-7-11)15-8-9-19(17,18)13(2,3)4;/h11H,5-10H2,1-4H3,(H2,14,15,16);1H. The third-order valence-corrected chi connectivity index (χ3v) is 5.75. The molecule has 0 spiro atoms. The molecule has 0 amide bonds. The Balaban J connectivity index is 0.00000361. The van der Waals surface area contributed by atoms with Crippen LogP contribution >= 0.6 is 24.0 Å². The van der Waals surface area contributed by atoms with Gasteiger partial charge in [-0.1, -0.05) is 0 Å². The molecule has 20 heavy (non-hydrogen) atoms. The van der Waals surface area contributed by atoms with Gasteiger partial charge in [0, 0.05) is 19.6 Å². The van der Waals surface area contributed by atoms with Crippen LogP contribution in [-0.2, 0) is 9.84 Å². The maximum atomic E-state index is 12.0. The topological polar surface area (TPSA) is 70.6 Å². The second-order valence-corrected chi connectivity index (χ2v) is 8.88. The highest BCUT2D eigenvalue weighted by Gasteiger charge is 2.28. The molecule has 0 bridgehead atoms. The predicted molar refractivity (Wildman–Crippen MR) is 95.7 cm³/mol. The lowest BCUT2D eigenvalue weighted by atomic mass is 10.3. The van der Waals surface area contributed by atoms with E-state index in [2.05, 4.69) is 15.6 Å². The van der Waals surface area contributed by atoms with Crippen molar-refractivity contribution in [3.05, 3.63) is 0 Å². The monoisotopic (exact) mass is 417 g/mol. The third kappa shape index (κ3) is 7.10. The number of sulfone groups is 1. The molecule has 1 aliphatic rings. The van der Waals surface area contributed by atoms with Gasteiger partial charge in [0.05, 0.1) is 10.5 Å². The molecule has 2 N–H and O–H groups in total. The van der Waals surface area contributed by atoms with Crippen molar-refractivity contribution >= 4 is 39.8 Å². The van der Waals surface area contributed by atoms with Crippen molar-refractivity contribution in [3.8, 4) is 0 Å². The van der Waals surface area contributed by atoms with E-state index in [1.165, 1.54) is 12.8 Å². The van der Waals surface area contributed by atoms with Crippen molar-refractivity contribution < 1.29 is 8.42 Å². The molecule has 0 aromatic heterocycles. The van der Waals surface area contributed by atoms with Gasteiger partial charge in [-0.05, 0) is 46.5 Å². The van der Waals surface area contributed by atoms with Crippen LogP contribution in [0.3, 0.4) is 0 Å². The number of halogens is 1. The minimum absolute atomic E-state index is 0. The minimum atomic E-state index is -3.07. The van der Waals surface area contributed by atoms with E-state index in [9.17, 15) is 8.42 Å². The van der Waals surface area contributed by atoms with Crippen LogP contribution in [0.4, 0.5) is 0 Å². The number of hydrogen-bond donors (Lipinski definition) is 2. The number of hydrogen-bond acceptors (Lipinski definition) is 3. The zero-order valence-electron chi connectivity index (χ0n) is 12.9. The van der Waals surface area contributed by atoms with Crippen LogP contribution < -0.4 is 10.6 Å². The molecule has 5 nitrogen and oxygen atoms in total. The fraction of sp³-hybridized carbons (Fsp3) is 0.923. The molecule has 7 heteroatoms. The fourth-order valence-corrected chi connectivity index (χ4v) is 2.46. The molecule has 0 aromatic rings. The van der Waals surface area contributed by atoms with Crippen LogP contribution in [0, 0.1) is 5.92 Å². The summed E-state index contributed by atoms with van der Waals surface area (Å²) in [6.45, 7) is 9.21. The molecule has 1 rings (SSSR count). The molecule has 0 atom stereocenters. The number of nitrogens with one attached hydrogen (secondary N) is 2. The number of nitrogens with zero attached hydrogens (tertiary/aromatic N) is 1. The summed E-state index contributed by atoms with van der Waals surface area (Å²) in [5, 5.41) is 6.23. The van der Waals surface area contributed by atoms with Crippen LogP contribution in [0.25, 0.3) is 0 Å². The maximum Gasteiger partial charge on any atom is 0.191 e. The van der Waals surface area contributed by atoms with Crippen LogP contribution in [0.2, 0.25) is 0 Å². The SMILES string of the molecule is CCNC(=NCC1CC1)NCCS(=O)(=O)C(C)(C)C.I. The summed E-state index contributed by atoms with van der Waals surface area (Å²) in [6, 6.07) is 0. The molecule has 120 valence electrons. The first-order valence-electron chi connectivity index (χ1n) is 7.00. The lowest BCUT2D eigenvalue weighted by Gasteiger charge is -2.19. The van der Waals surface area contributed by atoms with Gasteiger partial charge in [-0.3, -0.25) is 4.99 Å². The Kier molecular flexibility index (Phi) is 8.39. The summed E-state index contributed by atoms with van der Waals surface area (Å²) in [4.78, 5) is 4.46. The summed E-state index contributed by atoms with van der Waals surface area (Å²) in [6.07, 6.45) is 2.53. The van der Waals surface area contributed by atoms with Crippen LogP contribution in [-0.4, -0.2) is 44.5 Å².